The molecule has 1 N–H and O–H groups in total. The first-order valence-electron chi connectivity index (χ1n) is 6.23. The minimum absolute atomic E-state index is 0.0208. The van der Waals surface area contributed by atoms with Crippen LogP contribution in [0.2, 0.25) is 0 Å². The van der Waals surface area contributed by atoms with E-state index in [0.717, 1.165) is 32.6 Å². The van der Waals surface area contributed by atoms with Crippen LogP contribution >= 0.6 is 0 Å². The zero-order valence-corrected chi connectivity index (χ0v) is 10.9. The van der Waals surface area contributed by atoms with Crippen LogP contribution in [0.15, 0.2) is 0 Å². The highest BCUT2D eigenvalue weighted by Crippen LogP contribution is 2.11. The lowest BCUT2D eigenvalue weighted by atomic mass is 10.1. The SMILES string of the molecule is CCC(C#N)N1CCN(C(C)C(=O)NC)CC1. The molecule has 96 valence electrons. The van der Waals surface area contributed by atoms with E-state index in [9.17, 15) is 4.79 Å². The Morgan fingerprint density at radius 1 is 1.35 bits per heavy atom. The van der Waals surface area contributed by atoms with E-state index in [1.807, 2.05) is 13.8 Å². The van der Waals surface area contributed by atoms with Gasteiger partial charge < -0.3 is 5.32 Å². The predicted molar refractivity (Wildman–Crippen MR) is 66.4 cm³/mol. The lowest BCUT2D eigenvalue weighted by Gasteiger charge is -2.38. The number of likely N-dealkylation sites (N-methyl/N-ethyl adjacent to an activating group) is 1. The summed E-state index contributed by atoms with van der Waals surface area (Å²) in [6.45, 7) is 7.41. The van der Waals surface area contributed by atoms with Gasteiger partial charge in [0.2, 0.25) is 5.91 Å². The van der Waals surface area contributed by atoms with Crippen LogP contribution in [0.4, 0.5) is 0 Å². The Labute approximate surface area is 103 Å². The van der Waals surface area contributed by atoms with Crippen LogP contribution in [-0.2, 0) is 4.79 Å². The quantitative estimate of drug-likeness (QED) is 0.751. The number of piperazine rings is 1. The molecule has 1 saturated heterocycles. The smallest absolute Gasteiger partial charge is 0.236 e. The number of nitrogens with zero attached hydrogens (tertiary/aromatic N) is 3. The van der Waals surface area contributed by atoms with Crippen molar-refractivity contribution in [1.29, 1.82) is 5.26 Å². The molecule has 1 heterocycles. The number of nitriles is 1. The molecule has 0 aromatic rings. The standard InChI is InChI=1S/C12H22N4O/c1-4-11(9-13)16-7-5-15(6-8-16)10(2)12(17)14-3/h10-11H,4-8H2,1-3H3,(H,14,17). The zero-order chi connectivity index (χ0) is 12.8. The van der Waals surface area contributed by atoms with Gasteiger partial charge in [0.05, 0.1) is 18.2 Å². The lowest BCUT2D eigenvalue weighted by molar-refractivity contribution is -0.126. The van der Waals surface area contributed by atoms with E-state index >= 15 is 0 Å². The van der Waals surface area contributed by atoms with Gasteiger partial charge in [0, 0.05) is 33.2 Å². The van der Waals surface area contributed by atoms with Crippen molar-refractivity contribution in [2.45, 2.75) is 32.4 Å². The Bertz CT molecular complexity index is 291. The number of amides is 1. The van der Waals surface area contributed by atoms with Crippen molar-refractivity contribution < 1.29 is 4.79 Å². The van der Waals surface area contributed by atoms with Gasteiger partial charge in [-0.2, -0.15) is 5.26 Å². The van der Waals surface area contributed by atoms with E-state index in [1.165, 1.54) is 0 Å². The summed E-state index contributed by atoms with van der Waals surface area (Å²) in [5.41, 5.74) is 0. The molecule has 1 aliphatic rings. The zero-order valence-electron chi connectivity index (χ0n) is 10.9. The highest BCUT2D eigenvalue weighted by molar-refractivity contribution is 5.80. The number of carbonyl (C=O) groups excluding carboxylic acids is 1. The van der Waals surface area contributed by atoms with Crippen LogP contribution in [0.1, 0.15) is 20.3 Å². The largest absolute Gasteiger partial charge is 0.358 e. The fourth-order valence-electron chi connectivity index (χ4n) is 2.24. The molecular formula is C12H22N4O. The van der Waals surface area contributed by atoms with Gasteiger partial charge in [-0.25, -0.2) is 0 Å². The molecular weight excluding hydrogens is 216 g/mol. The molecule has 1 amide bonds. The summed E-state index contributed by atoms with van der Waals surface area (Å²) in [6, 6.07) is 2.27. The first kappa shape index (κ1) is 13.9. The number of hydrogen-bond acceptors (Lipinski definition) is 4. The summed E-state index contributed by atoms with van der Waals surface area (Å²) in [5.74, 6) is 0.0609. The highest BCUT2D eigenvalue weighted by atomic mass is 16.2. The number of carbonyl (C=O) groups is 1. The van der Waals surface area contributed by atoms with Gasteiger partial charge in [0.1, 0.15) is 0 Å². The monoisotopic (exact) mass is 238 g/mol. The predicted octanol–water partition coefficient (Wildman–Crippen LogP) is 0.0407. The van der Waals surface area contributed by atoms with Crippen LogP contribution < -0.4 is 5.32 Å². The first-order chi connectivity index (χ1) is 8.13. The second-order valence-corrected chi connectivity index (χ2v) is 4.42. The molecule has 2 unspecified atom stereocenters. The summed E-state index contributed by atoms with van der Waals surface area (Å²) < 4.78 is 0. The average Bonchev–Trinajstić information content (AvgIpc) is 2.39. The maximum Gasteiger partial charge on any atom is 0.236 e. The normalized spacial score (nSPS) is 21.5. The molecule has 1 aliphatic heterocycles. The third-order valence-electron chi connectivity index (χ3n) is 3.50. The molecule has 2 atom stereocenters. The minimum atomic E-state index is -0.0793. The van der Waals surface area contributed by atoms with Crippen molar-refractivity contribution in [2.24, 2.45) is 0 Å². The maximum atomic E-state index is 11.5. The van der Waals surface area contributed by atoms with Crippen molar-refractivity contribution in [2.75, 3.05) is 33.2 Å². The van der Waals surface area contributed by atoms with Crippen LogP contribution in [0.25, 0.3) is 0 Å². The van der Waals surface area contributed by atoms with Gasteiger partial charge in [-0.1, -0.05) is 6.92 Å². The van der Waals surface area contributed by atoms with E-state index in [1.54, 1.807) is 7.05 Å². The fraction of sp³-hybridized carbons (Fsp3) is 0.833. The number of hydrogen-bond donors (Lipinski definition) is 1. The lowest BCUT2D eigenvalue weighted by Crippen LogP contribution is -2.55. The molecule has 0 spiro atoms. The van der Waals surface area contributed by atoms with Crippen LogP contribution in [0.5, 0.6) is 0 Å². The Hall–Kier alpha value is -1.12. The third kappa shape index (κ3) is 3.42. The second kappa shape index (κ2) is 6.58. The molecule has 17 heavy (non-hydrogen) atoms. The van der Waals surface area contributed by atoms with E-state index in [2.05, 4.69) is 21.2 Å². The van der Waals surface area contributed by atoms with Crippen molar-refractivity contribution >= 4 is 5.91 Å². The van der Waals surface area contributed by atoms with Crippen LogP contribution in [0, 0.1) is 11.3 Å². The molecule has 0 aromatic heterocycles. The molecule has 0 aliphatic carbocycles. The molecule has 5 heteroatoms. The molecule has 0 saturated carbocycles. The summed E-state index contributed by atoms with van der Waals surface area (Å²) in [4.78, 5) is 15.9. The van der Waals surface area contributed by atoms with Crippen LogP contribution in [0.3, 0.4) is 0 Å². The van der Waals surface area contributed by atoms with Gasteiger partial charge >= 0.3 is 0 Å². The fourth-order valence-corrected chi connectivity index (χ4v) is 2.24. The Morgan fingerprint density at radius 2 is 1.88 bits per heavy atom. The van der Waals surface area contributed by atoms with Gasteiger partial charge in [0.15, 0.2) is 0 Å². The number of nitrogens with one attached hydrogen (secondary N) is 1. The Kier molecular flexibility index (Phi) is 5.39. The van der Waals surface area contributed by atoms with Gasteiger partial charge in [0.25, 0.3) is 0 Å². The third-order valence-corrected chi connectivity index (χ3v) is 3.50. The minimum Gasteiger partial charge on any atom is -0.358 e. The molecule has 0 aromatic carbocycles. The summed E-state index contributed by atoms with van der Waals surface area (Å²) in [5, 5.41) is 11.7. The van der Waals surface area contributed by atoms with Crippen molar-refractivity contribution in [1.82, 2.24) is 15.1 Å². The summed E-state index contributed by atoms with van der Waals surface area (Å²) in [7, 11) is 1.66. The van der Waals surface area contributed by atoms with E-state index in [4.69, 9.17) is 5.26 Å². The van der Waals surface area contributed by atoms with E-state index in [0.29, 0.717) is 0 Å². The summed E-state index contributed by atoms with van der Waals surface area (Å²) >= 11 is 0. The van der Waals surface area contributed by atoms with Gasteiger partial charge in [-0.3, -0.25) is 14.6 Å². The molecule has 1 fully saturated rings. The summed E-state index contributed by atoms with van der Waals surface area (Å²) in [6.07, 6.45) is 0.863. The molecule has 0 radical (unpaired) electrons. The maximum absolute atomic E-state index is 11.5. The van der Waals surface area contributed by atoms with Gasteiger partial charge in [-0.15, -0.1) is 0 Å². The van der Waals surface area contributed by atoms with Crippen molar-refractivity contribution in [3.05, 3.63) is 0 Å². The highest BCUT2D eigenvalue weighted by Gasteiger charge is 2.27. The topological polar surface area (TPSA) is 59.4 Å². The second-order valence-electron chi connectivity index (χ2n) is 4.42. The number of rotatable bonds is 4. The van der Waals surface area contributed by atoms with Crippen molar-refractivity contribution in [3.63, 3.8) is 0 Å². The molecule has 0 bridgehead atoms. The Morgan fingerprint density at radius 3 is 2.29 bits per heavy atom. The Balaban J connectivity index is 2.46. The van der Waals surface area contributed by atoms with E-state index < -0.39 is 0 Å². The van der Waals surface area contributed by atoms with E-state index in [-0.39, 0.29) is 18.0 Å². The molecule has 5 nitrogen and oxygen atoms in total. The van der Waals surface area contributed by atoms with Gasteiger partial charge in [-0.05, 0) is 13.3 Å². The first-order valence-corrected chi connectivity index (χ1v) is 6.23. The average molecular weight is 238 g/mol. The molecule has 1 rings (SSSR count). The van der Waals surface area contributed by atoms with Crippen molar-refractivity contribution in [3.8, 4) is 6.07 Å². The van der Waals surface area contributed by atoms with Crippen LogP contribution in [-0.4, -0.2) is 61.0 Å².